The number of amides is 1. The van der Waals surface area contributed by atoms with Crippen molar-refractivity contribution in [1.82, 2.24) is 15.1 Å². The van der Waals surface area contributed by atoms with E-state index in [4.69, 9.17) is 16.7 Å². The van der Waals surface area contributed by atoms with E-state index in [0.717, 1.165) is 11.3 Å². The lowest BCUT2D eigenvalue weighted by Crippen LogP contribution is -2.25. The van der Waals surface area contributed by atoms with E-state index in [9.17, 15) is 13.2 Å². The first-order chi connectivity index (χ1) is 12.9. The summed E-state index contributed by atoms with van der Waals surface area (Å²) >= 11 is 6.28. The summed E-state index contributed by atoms with van der Waals surface area (Å²) in [6, 6.07) is 15.5. The molecule has 140 valence electrons. The highest BCUT2D eigenvalue weighted by Crippen LogP contribution is 2.20. The van der Waals surface area contributed by atoms with Gasteiger partial charge in [0.1, 0.15) is 5.15 Å². The van der Waals surface area contributed by atoms with Gasteiger partial charge in [-0.2, -0.15) is 5.10 Å². The predicted octanol–water partition coefficient (Wildman–Crippen LogP) is 2.15. The van der Waals surface area contributed by atoms with Crippen molar-refractivity contribution in [2.45, 2.75) is 11.3 Å². The van der Waals surface area contributed by atoms with Crippen molar-refractivity contribution < 1.29 is 13.2 Å². The third kappa shape index (κ3) is 4.54. The number of halogens is 1. The van der Waals surface area contributed by atoms with Gasteiger partial charge in [-0.05, 0) is 36.2 Å². The van der Waals surface area contributed by atoms with E-state index < -0.39 is 10.0 Å². The third-order valence-electron chi connectivity index (χ3n) is 3.91. The molecule has 0 bridgehead atoms. The average molecular weight is 405 g/mol. The van der Waals surface area contributed by atoms with Crippen LogP contribution in [0.3, 0.4) is 0 Å². The number of para-hydroxylation sites is 1. The van der Waals surface area contributed by atoms with Gasteiger partial charge < -0.3 is 5.32 Å². The van der Waals surface area contributed by atoms with E-state index in [0.29, 0.717) is 13.0 Å². The maximum absolute atomic E-state index is 12.3. The fourth-order valence-electron chi connectivity index (χ4n) is 2.50. The number of rotatable bonds is 6. The molecule has 0 aliphatic rings. The molecule has 3 aromatic rings. The number of aromatic nitrogens is 2. The molecule has 27 heavy (non-hydrogen) atoms. The summed E-state index contributed by atoms with van der Waals surface area (Å²) in [6.07, 6.45) is 1.95. The molecule has 0 saturated carbocycles. The summed E-state index contributed by atoms with van der Waals surface area (Å²) in [5.41, 5.74) is 1.91. The molecule has 9 heteroatoms. The van der Waals surface area contributed by atoms with E-state index in [1.54, 1.807) is 12.1 Å². The minimum Gasteiger partial charge on any atom is -0.352 e. The Labute approximate surface area is 161 Å². The number of hydrogen-bond donors (Lipinski definition) is 2. The van der Waals surface area contributed by atoms with Gasteiger partial charge in [0.25, 0.3) is 5.91 Å². The number of nitrogens with zero attached hydrogens (tertiary/aromatic N) is 2. The van der Waals surface area contributed by atoms with Crippen LogP contribution in [0.5, 0.6) is 0 Å². The van der Waals surface area contributed by atoms with Crippen molar-refractivity contribution in [1.29, 1.82) is 0 Å². The van der Waals surface area contributed by atoms with Crippen LogP contribution < -0.4 is 10.5 Å². The number of carbonyl (C=O) groups excluding carboxylic acids is 1. The normalized spacial score (nSPS) is 11.3. The zero-order chi connectivity index (χ0) is 19.4. The molecule has 0 fully saturated rings. The highest BCUT2D eigenvalue weighted by Gasteiger charge is 2.16. The maximum atomic E-state index is 12.3. The highest BCUT2D eigenvalue weighted by molar-refractivity contribution is 7.89. The summed E-state index contributed by atoms with van der Waals surface area (Å²) in [7, 11) is -3.71. The fourth-order valence-corrected chi connectivity index (χ4v) is 3.29. The van der Waals surface area contributed by atoms with Gasteiger partial charge in [-0.15, -0.1) is 0 Å². The Morgan fingerprint density at radius 3 is 2.41 bits per heavy atom. The Hall–Kier alpha value is -2.68. The Balaban J connectivity index is 1.61. The lowest BCUT2D eigenvalue weighted by atomic mass is 10.1. The van der Waals surface area contributed by atoms with Crippen molar-refractivity contribution >= 4 is 27.5 Å². The smallest absolute Gasteiger partial charge is 0.256 e. The minimum atomic E-state index is -3.71. The van der Waals surface area contributed by atoms with Gasteiger partial charge in [0.2, 0.25) is 10.0 Å². The molecular weight excluding hydrogens is 388 g/mol. The standard InChI is InChI=1S/C18H17ClN4O3S/c19-17-16(12-22-23(17)14-4-2-1-3-5-14)18(24)21-11-10-13-6-8-15(9-7-13)27(20,25)26/h1-9,12H,10-11H2,(H,21,24)(H2,20,25,26). The van der Waals surface area contributed by atoms with Gasteiger partial charge in [0.05, 0.1) is 22.3 Å². The lowest BCUT2D eigenvalue weighted by Gasteiger charge is -2.06. The molecule has 3 rings (SSSR count). The Bertz CT molecular complexity index is 1050. The predicted molar refractivity (Wildman–Crippen MR) is 102 cm³/mol. The zero-order valence-corrected chi connectivity index (χ0v) is 15.7. The van der Waals surface area contributed by atoms with E-state index in [-0.39, 0.29) is 21.5 Å². The average Bonchev–Trinajstić information content (AvgIpc) is 3.03. The molecule has 0 spiro atoms. The molecule has 0 saturated heterocycles. The number of carbonyl (C=O) groups is 1. The Morgan fingerprint density at radius 1 is 1.11 bits per heavy atom. The van der Waals surface area contributed by atoms with Crippen molar-refractivity contribution in [2.24, 2.45) is 5.14 Å². The summed E-state index contributed by atoms with van der Waals surface area (Å²) in [5.74, 6) is -0.330. The van der Waals surface area contributed by atoms with Gasteiger partial charge in [-0.3, -0.25) is 4.79 Å². The van der Waals surface area contributed by atoms with Gasteiger partial charge in [0, 0.05) is 6.54 Å². The summed E-state index contributed by atoms with van der Waals surface area (Å²) < 4.78 is 24.0. The first-order valence-electron chi connectivity index (χ1n) is 8.05. The largest absolute Gasteiger partial charge is 0.352 e. The van der Waals surface area contributed by atoms with Crippen LogP contribution in [0, 0.1) is 0 Å². The molecule has 0 aliphatic heterocycles. The second-order valence-electron chi connectivity index (χ2n) is 5.79. The van der Waals surface area contributed by atoms with Crippen LogP contribution in [-0.2, 0) is 16.4 Å². The highest BCUT2D eigenvalue weighted by atomic mass is 35.5. The molecule has 0 aliphatic carbocycles. The Kier molecular flexibility index (Phi) is 5.59. The molecule has 3 N–H and O–H groups in total. The summed E-state index contributed by atoms with van der Waals surface area (Å²) in [6.45, 7) is 0.362. The first kappa shape index (κ1) is 19.1. The maximum Gasteiger partial charge on any atom is 0.256 e. The van der Waals surface area contributed by atoms with Crippen LogP contribution in [0.1, 0.15) is 15.9 Å². The quantitative estimate of drug-likeness (QED) is 0.656. The van der Waals surface area contributed by atoms with Crippen molar-refractivity contribution in [3.05, 3.63) is 77.1 Å². The molecule has 2 aromatic carbocycles. The van der Waals surface area contributed by atoms with Crippen molar-refractivity contribution in [3.8, 4) is 5.69 Å². The number of nitrogens with one attached hydrogen (secondary N) is 1. The molecule has 0 atom stereocenters. The molecular formula is C18H17ClN4O3S. The van der Waals surface area contributed by atoms with E-state index in [1.807, 2.05) is 30.3 Å². The van der Waals surface area contributed by atoms with Gasteiger partial charge in [0.15, 0.2) is 0 Å². The number of benzene rings is 2. The number of primary sulfonamides is 1. The first-order valence-corrected chi connectivity index (χ1v) is 9.97. The number of nitrogens with two attached hydrogens (primary N) is 1. The summed E-state index contributed by atoms with van der Waals surface area (Å²) in [5, 5.41) is 12.2. The second kappa shape index (κ2) is 7.91. The van der Waals surface area contributed by atoms with Crippen LogP contribution >= 0.6 is 11.6 Å². The SMILES string of the molecule is NS(=O)(=O)c1ccc(CCNC(=O)c2cnn(-c3ccccc3)c2Cl)cc1. The summed E-state index contributed by atoms with van der Waals surface area (Å²) in [4.78, 5) is 12.4. The molecule has 1 amide bonds. The van der Waals surface area contributed by atoms with Gasteiger partial charge in [-0.25, -0.2) is 18.2 Å². The third-order valence-corrected chi connectivity index (χ3v) is 5.20. The lowest BCUT2D eigenvalue weighted by molar-refractivity contribution is 0.0954. The monoisotopic (exact) mass is 404 g/mol. The van der Waals surface area contributed by atoms with Crippen LogP contribution in [0.4, 0.5) is 0 Å². The second-order valence-corrected chi connectivity index (χ2v) is 7.71. The molecule has 1 aromatic heterocycles. The Morgan fingerprint density at radius 2 is 1.78 bits per heavy atom. The van der Waals surface area contributed by atoms with Crippen molar-refractivity contribution in [2.75, 3.05) is 6.54 Å². The van der Waals surface area contributed by atoms with Gasteiger partial charge in [-0.1, -0.05) is 41.9 Å². The number of sulfonamides is 1. The van der Waals surface area contributed by atoms with E-state index in [1.165, 1.54) is 23.0 Å². The van der Waals surface area contributed by atoms with Crippen LogP contribution in [0.15, 0.2) is 65.7 Å². The van der Waals surface area contributed by atoms with Gasteiger partial charge >= 0.3 is 0 Å². The number of hydrogen-bond acceptors (Lipinski definition) is 4. The zero-order valence-electron chi connectivity index (χ0n) is 14.2. The van der Waals surface area contributed by atoms with Crippen LogP contribution in [0.25, 0.3) is 5.69 Å². The molecule has 0 unspecified atom stereocenters. The molecule has 7 nitrogen and oxygen atoms in total. The van der Waals surface area contributed by atoms with E-state index in [2.05, 4.69) is 10.4 Å². The fraction of sp³-hybridized carbons (Fsp3) is 0.111. The van der Waals surface area contributed by atoms with Crippen LogP contribution in [-0.4, -0.2) is 30.7 Å². The van der Waals surface area contributed by atoms with E-state index >= 15 is 0 Å². The van der Waals surface area contributed by atoms with Crippen LogP contribution in [0.2, 0.25) is 5.15 Å². The van der Waals surface area contributed by atoms with Crippen molar-refractivity contribution in [3.63, 3.8) is 0 Å². The topological polar surface area (TPSA) is 107 Å². The molecule has 0 radical (unpaired) electrons. The minimum absolute atomic E-state index is 0.0513. The molecule has 1 heterocycles.